The maximum Gasteiger partial charge on any atom is 0.148 e. The lowest BCUT2D eigenvalue weighted by Crippen LogP contribution is -2.18. The second-order valence-corrected chi connectivity index (χ2v) is 4.11. The Morgan fingerprint density at radius 3 is 2.71 bits per heavy atom. The van der Waals surface area contributed by atoms with Crippen molar-refractivity contribution in [2.45, 2.75) is 26.7 Å². The van der Waals surface area contributed by atoms with Crippen molar-refractivity contribution in [3.05, 3.63) is 11.9 Å². The highest BCUT2D eigenvalue weighted by Crippen LogP contribution is 2.20. The molecule has 0 aliphatic carbocycles. The van der Waals surface area contributed by atoms with Crippen LogP contribution in [0, 0.1) is 5.92 Å². The van der Waals surface area contributed by atoms with Crippen molar-refractivity contribution < 1.29 is 5.11 Å². The smallest absolute Gasteiger partial charge is 0.148 e. The fourth-order valence-electron chi connectivity index (χ4n) is 1.51. The highest BCUT2D eigenvalue weighted by atomic mass is 16.3. The van der Waals surface area contributed by atoms with E-state index in [0.29, 0.717) is 12.4 Å². The maximum absolute atomic E-state index is 8.98. The number of nitrogen functional groups attached to an aromatic ring is 1. The van der Waals surface area contributed by atoms with E-state index in [1.54, 1.807) is 0 Å². The molecule has 96 valence electrons. The van der Waals surface area contributed by atoms with Crippen molar-refractivity contribution in [3.63, 3.8) is 0 Å². The Balaban J connectivity index is 2.82. The monoisotopic (exact) mass is 239 g/mol. The molecule has 0 amide bonds. The van der Waals surface area contributed by atoms with Gasteiger partial charge in [-0.2, -0.15) is 0 Å². The average Bonchev–Trinajstić information content (AvgIpc) is 2.37. The Kier molecular flexibility index (Phi) is 5.65. The number of nitrogens with one attached hydrogen (secondary N) is 2. The zero-order valence-electron chi connectivity index (χ0n) is 10.4. The van der Waals surface area contributed by atoms with E-state index >= 15 is 0 Å². The summed E-state index contributed by atoms with van der Waals surface area (Å²) in [6.07, 6.45) is 3.32. The number of aliphatic hydroxyl groups is 1. The molecule has 6 nitrogen and oxygen atoms in total. The van der Waals surface area contributed by atoms with Gasteiger partial charge in [0.2, 0.25) is 0 Å². The minimum absolute atomic E-state index is 0.156. The van der Waals surface area contributed by atoms with E-state index in [4.69, 9.17) is 10.9 Å². The van der Waals surface area contributed by atoms with Crippen LogP contribution in [0.25, 0.3) is 0 Å². The van der Waals surface area contributed by atoms with Crippen LogP contribution in [-0.2, 0) is 6.42 Å². The van der Waals surface area contributed by atoms with E-state index in [1.165, 1.54) is 6.33 Å². The summed E-state index contributed by atoms with van der Waals surface area (Å²) in [4.78, 5) is 8.30. The molecule has 0 saturated heterocycles. The van der Waals surface area contributed by atoms with Crippen molar-refractivity contribution in [1.29, 1.82) is 0 Å². The number of hydrazine groups is 1. The molecule has 1 heterocycles. The summed E-state index contributed by atoms with van der Waals surface area (Å²) < 4.78 is 0. The number of rotatable bonds is 7. The van der Waals surface area contributed by atoms with Crippen molar-refractivity contribution in [3.8, 4) is 0 Å². The third-order valence-electron chi connectivity index (χ3n) is 2.51. The van der Waals surface area contributed by atoms with Crippen LogP contribution in [0.4, 0.5) is 11.6 Å². The summed E-state index contributed by atoms with van der Waals surface area (Å²) in [6.45, 7) is 4.89. The van der Waals surface area contributed by atoms with Gasteiger partial charge in [0, 0.05) is 18.7 Å². The van der Waals surface area contributed by atoms with Gasteiger partial charge in [0.15, 0.2) is 0 Å². The van der Waals surface area contributed by atoms with Crippen molar-refractivity contribution in [2.24, 2.45) is 11.8 Å². The van der Waals surface area contributed by atoms with Crippen LogP contribution in [0.5, 0.6) is 0 Å². The molecule has 6 heteroatoms. The highest BCUT2D eigenvalue weighted by molar-refractivity contribution is 5.56. The second kappa shape index (κ2) is 7.03. The number of nitrogens with zero attached hydrogens (tertiary/aromatic N) is 2. The second-order valence-electron chi connectivity index (χ2n) is 4.11. The molecule has 17 heavy (non-hydrogen) atoms. The molecule has 0 aliphatic rings. The maximum atomic E-state index is 8.98. The molecule has 5 N–H and O–H groups in total. The number of hydrogen-bond donors (Lipinski definition) is 4. The van der Waals surface area contributed by atoms with Crippen molar-refractivity contribution in [2.75, 3.05) is 23.9 Å². The summed E-state index contributed by atoms with van der Waals surface area (Å²) in [5.41, 5.74) is 3.57. The normalized spacial score (nSPS) is 12.2. The van der Waals surface area contributed by atoms with Crippen molar-refractivity contribution >= 4 is 11.6 Å². The molecule has 0 radical (unpaired) electrons. The molecule has 0 aliphatic heterocycles. The van der Waals surface area contributed by atoms with Gasteiger partial charge in [-0.25, -0.2) is 15.8 Å². The number of aliphatic hydroxyl groups excluding tert-OH is 1. The molecular weight excluding hydrogens is 218 g/mol. The summed E-state index contributed by atoms with van der Waals surface area (Å²) >= 11 is 0. The largest absolute Gasteiger partial charge is 0.396 e. The van der Waals surface area contributed by atoms with Gasteiger partial charge in [-0.3, -0.25) is 0 Å². The molecule has 1 aromatic heterocycles. The molecule has 0 bridgehead atoms. The topological polar surface area (TPSA) is 96.1 Å². The fraction of sp³-hybridized carbons (Fsp3) is 0.636. The molecule has 0 fully saturated rings. The lowest BCUT2D eigenvalue weighted by molar-refractivity contribution is 0.244. The van der Waals surface area contributed by atoms with Gasteiger partial charge in [0.1, 0.15) is 18.0 Å². The molecule has 1 rings (SSSR count). The van der Waals surface area contributed by atoms with Gasteiger partial charge in [-0.1, -0.05) is 20.3 Å². The molecular formula is C11H21N5O. The van der Waals surface area contributed by atoms with E-state index in [1.807, 2.05) is 6.92 Å². The van der Waals surface area contributed by atoms with E-state index in [2.05, 4.69) is 27.6 Å². The lowest BCUT2D eigenvalue weighted by Gasteiger charge is -2.15. The Hall–Kier alpha value is -1.40. The lowest BCUT2D eigenvalue weighted by atomic mass is 10.1. The Labute approximate surface area is 102 Å². The Morgan fingerprint density at radius 2 is 2.12 bits per heavy atom. The van der Waals surface area contributed by atoms with E-state index < -0.39 is 0 Å². The van der Waals surface area contributed by atoms with E-state index in [0.717, 1.165) is 24.2 Å². The predicted octanol–water partition coefficient (Wildman–Crippen LogP) is 0.755. The number of nitrogens with two attached hydrogens (primary N) is 1. The summed E-state index contributed by atoms with van der Waals surface area (Å²) in [5.74, 6) is 7.05. The molecule has 1 aromatic rings. The van der Waals surface area contributed by atoms with Gasteiger partial charge in [0.05, 0.1) is 0 Å². The van der Waals surface area contributed by atoms with Crippen LogP contribution < -0.4 is 16.6 Å². The molecule has 0 spiro atoms. The third-order valence-corrected chi connectivity index (χ3v) is 2.51. The fourth-order valence-corrected chi connectivity index (χ4v) is 1.51. The first-order valence-electron chi connectivity index (χ1n) is 5.88. The number of hydrogen-bond acceptors (Lipinski definition) is 6. The summed E-state index contributed by atoms with van der Waals surface area (Å²) in [6, 6.07) is 0. The standard InChI is InChI=1S/C11H21N5O/c1-3-4-9-10(13-5-8(2)6-17)14-7-15-11(9)16-12/h7-8,17H,3-6,12H2,1-2H3,(H2,13,14,15,16). The van der Waals surface area contributed by atoms with Crippen LogP contribution in [0.15, 0.2) is 6.33 Å². The first kappa shape index (κ1) is 13.7. The minimum Gasteiger partial charge on any atom is -0.396 e. The highest BCUT2D eigenvalue weighted by Gasteiger charge is 2.10. The van der Waals surface area contributed by atoms with Crippen LogP contribution >= 0.6 is 0 Å². The first-order chi connectivity index (χ1) is 8.22. The minimum atomic E-state index is 0.156. The third kappa shape index (κ3) is 3.83. The SMILES string of the molecule is CCCc1c(NN)ncnc1NCC(C)CO. The quantitative estimate of drug-likeness (QED) is 0.414. The Bertz CT molecular complexity index is 345. The molecule has 1 atom stereocenters. The number of aromatic nitrogens is 2. The zero-order valence-corrected chi connectivity index (χ0v) is 10.4. The molecule has 0 aromatic carbocycles. The first-order valence-corrected chi connectivity index (χ1v) is 5.88. The van der Waals surface area contributed by atoms with Crippen LogP contribution in [0.3, 0.4) is 0 Å². The van der Waals surface area contributed by atoms with Gasteiger partial charge in [-0.05, 0) is 12.3 Å². The number of anilines is 2. The summed E-state index contributed by atoms with van der Waals surface area (Å²) in [5, 5.41) is 12.2. The average molecular weight is 239 g/mol. The van der Waals surface area contributed by atoms with Crippen LogP contribution in [-0.4, -0.2) is 28.2 Å². The van der Waals surface area contributed by atoms with Gasteiger partial charge in [-0.15, -0.1) is 0 Å². The van der Waals surface area contributed by atoms with Gasteiger partial charge in [0.25, 0.3) is 0 Å². The van der Waals surface area contributed by atoms with Crippen molar-refractivity contribution in [1.82, 2.24) is 9.97 Å². The Morgan fingerprint density at radius 1 is 1.41 bits per heavy atom. The van der Waals surface area contributed by atoms with Gasteiger partial charge < -0.3 is 15.8 Å². The van der Waals surface area contributed by atoms with E-state index in [-0.39, 0.29) is 12.5 Å². The summed E-state index contributed by atoms with van der Waals surface area (Å²) in [7, 11) is 0. The van der Waals surface area contributed by atoms with Gasteiger partial charge >= 0.3 is 0 Å². The predicted molar refractivity (Wildman–Crippen MR) is 68.6 cm³/mol. The molecule has 1 unspecified atom stereocenters. The molecule has 0 saturated carbocycles. The zero-order chi connectivity index (χ0) is 12.7. The van der Waals surface area contributed by atoms with Crippen LogP contribution in [0.1, 0.15) is 25.8 Å². The van der Waals surface area contributed by atoms with Crippen LogP contribution in [0.2, 0.25) is 0 Å². The van der Waals surface area contributed by atoms with E-state index in [9.17, 15) is 0 Å².